The van der Waals surface area contributed by atoms with E-state index in [1.165, 1.54) is 4.90 Å². The van der Waals surface area contributed by atoms with Crippen molar-refractivity contribution in [3.05, 3.63) is 70.6 Å². The maximum Gasteiger partial charge on any atom is 0.293 e. The van der Waals surface area contributed by atoms with Gasteiger partial charge in [-0.15, -0.1) is 0 Å². The number of hydrogen-bond acceptors (Lipinski definition) is 4. The van der Waals surface area contributed by atoms with Crippen molar-refractivity contribution in [1.82, 2.24) is 4.90 Å². The van der Waals surface area contributed by atoms with E-state index in [0.717, 1.165) is 17.3 Å². The van der Waals surface area contributed by atoms with E-state index in [-0.39, 0.29) is 16.9 Å². The SMILES string of the molecule is O=C1S/C(=C/c2cccc(O)c2)C(=O)N1CCc1ccccc1. The third kappa shape index (κ3) is 3.63. The Balaban J connectivity index is 1.72. The Hall–Kier alpha value is -2.53. The van der Waals surface area contributed by atoms with Gasteiger partial charge in [0.1, 0.15) is 5.75 Å². The smallest absolute Gasteiger partial charge is 0.293 e. The number of phenols is 1. The van der Waals surface area contributed by atoms with Gasteiger partial charge in [0.2, 0.25) is 0 Å². The summed E-state index contributed by atoms with van der Waals surface area (Å²) in [7, 11) is 0. The van der Waals surface area contributed by atoms with Gasteiger partial charge in [0.05, 0.1) is 4.91 Å². The summed E-state index contributed by atoms with van der Waals surface area (Å²) in [6, 6.07) is 16.3. The van der Waals surface area contributed by atoms with Crippen molar-refractivity contribution in [2.75, 3.05) is 6.54 Å². The fraction of sp³-hybridized carbons (Fsp3) is 0.111. The van der Waals surface area contributed by atoms with Crippen molar-refractivity contribution in [1.29, 1.82) is 0 Å². The molecule has 0 bridgehead atoms. The van der Waals surface area contributed by atoms with Crippen LogP contribution in [0.3, 0.4) is 0 Å². The van der Waals surface area contributed by atoms with Crippen LogP contribution in [0.2, 0.25) is 0 Å². The Kier molecular flexibility index (Phi) is 4.48. The van der Waals surface area contributed by atoms with Gasteiger partial charge in [-0.3, -0.25) is 14.5 Å². The molecule has 0 unspecified atom stereocenters. The highest BCUT2D eigenvalue weighted by molar-refractivity contribution is 8.18. The van der Waals surface area contributed by atoms with Crippen LogP contribution in [0, 0.1) is 0 Å². The molecule has 2 aromatic rings. The van der Waals surface area contributed by atoms with Crippen molar-refractivity contribution < 1.29 is 14.7 Å². The van der Waals surface area contributed by atoms with Crippen molar-refractivity contribution >= 4 is 29.0 Å². The molecule has 1 aliphatic rings. The fourth-order valence-electron chi connectivity index (χ4n) is 2.34. The van der Waals surface area contributed by atoms with Gasteiger partial charge >= 0.3 is 0 Å². The standard InChI is InChI=1S/C18H15NO3S/c20-15-8-4-7-14(11-15)12-16-17(21)19(18(22)23-16)10-9-13-5-2-1-3-6-13/h1-8,11-12,20H,9-10H2/b16-12+. The molecule has 5 heteroatoms. The molecule has 1 heterocycles. The molecule has 1 fully saturated rings. The van der Waals surface area contributed by atoms with Crippen LogP contribution in [0.25, 0.3) is 6.08 Å². The predicted molar refractivity (Wildman–Crippen MR) is 90.9 cm³/mol. The van der Waals surface area contributed by atoms with Crippen LogP contribution in [-0.4, -0.2) is 27.7 Å². The van der Waals surface area contributed by atoms with Gasteiger partial charge in [-0.1, -0.05) is 42.5 Å². The van der Waals surface area contributed by atoms with E-state index in [4.69, 9.17) is 0 Å². The first-order valence-electron chi connectivity index (χ1n) is 7.22. The fourth-order valence-corrected chi connectivity index (χ4v) is 3.21. The average Bonchev–Trinajstić information content (AvgIpc) is 2.80. The Morgan fingerprint density at radius 1 is 1.04 bits per heavy atom. The maximum absolute atomic E-state index is 12.4. The highest BCUT2D eigenvalue weighted by Gasteiger charge is 2.34. The molecule has 0 radical (unpaired) electrons. The van der Waals surface area contributed by atoms with E-state index in [9.17, 15) is 14.7 Å². The van der Waals surface area contributed by atoms with E-state index in [0.29, 0.717) is 23.4 Å². The number of hydrogen-bond donors (Lipinski definition) is 1. The summed E-state index contributed by atoms with van der Waals surface area (Å²) in [5, 5.41) is 9.22. The molecule has 0 atom stereocenters. The minimum Gasteiger partial charge on any atom is -0.508 e. The van der Waals surface area contributed by atoms with Crippen molar-refractivity contribution in [3.8, 4) is 5.75 Å². The molecule has 4 nitrogen and oxygen atoms in total. The highest BCUT2D eigenvalue weighted by Crippen LogP contribution is 2.32. The molecule has 1 saturated heterocycles. The normalized spacial score (nSPS) is 16.3. The molecule has 116 valence electrons. The second-order valence-electron chi connectivity index (χ2n) is 5.16. The molecule has 0 aliphatic carbocycles. The Bertz CT molecular complexity index is 771. The third-order valence-corrected chi connectivity index (χ3v) is 4.42. The maximum atomic E-state index is 12.4. The summed E-state index contributed by atoms with van der Waals surface area (Å²) in [6.45, 7) is 0.367. The van der Waals surface area contributed by atoms with Crippen LogP contribution in [0.4, 0.5) is 4.79 Å². The van der Waals surface area contributed by atoms with E-state index in [2.05, 4.69) is 0 Å². The number of thioether (sulfide) groups is 1. The van der Waals surface area contributed by atoms with Crippen molar-refractivity contribution in [3.63, 3.8) is 0 Å². The third-order valence-electron chi connectivity index (χ3n) is 3.51. The van der Waals surface area contributed by atoms with Gasteiger partial charge in [0.15, 0.2) is 0 Å². The Labute approximate surface area is 138 Å². The molecule has 23 heavy (non-hydrogen) atoms. The van der Waals surface area contributed by atoms with Gasteiger partial charge in [-0.2, -0.15) is 0 Å². The molecule has 3 rings (SSSR count). The van der Waals surface area contributed by atoms with E-state index in [1.54, 1.807) is 30.3 Å². The van der Waals surface area contributed by atoms with E-state index in [1.807, 2.05) is 30.3 Å². The number of phenolic OH excluding ortho intramolecular Hbond substituents is 1. The lowest BCUT2D eigenvalue weighted by molar-refractivity contribution is -0.122. The molecule has 1 aliphatic heterocycles. The zero-order valence-electron chi connectivity index (χ0n) is 12.3. The summed E-state index contributed by atoms with van der Waals surface area (Å²) < 4.78 is 0. The lowest BCUT2D eigenvalue weighted by atomic mass is 10.1. The Morgan fingerprint density at radius 3 is 2.57 bits per heavy atom. The van der Waals surface area contributed by atoms with Crippen LogP contribution in [0.15, 0.2) is 59.5 Å². The van der Waals surface area contributed by atoms with Gasteiger partial charge in [0, 0.05) is 6.54 Å². The first kappa shape index (κ1) is 15.4. The largest absolute Gasteiger partial charge is 0.508 e. The van der Waals surface area contributed by atoms with Crippen LogP contribution >= 0.6 is 11.8 Å². The summed E-state index contributed by atoms with van der Waals surface area (Å²) in [5.74, 6) is -0.152. The monoisotopic (exact) mass is 325 g/mol. The molecule has 2 aromatic carbocycles. The van der Waals surface area contributed by atoms with E-state index < -0.39 is 0 Å². The highest BCUT2D eigenvalue weighted by atomic mass is 32.2. The minimum absolute atomic E-state index is 0.127. The molecule has 0 aromatic heterocycles. The minimum atomic E-state index is -0.278. The molecular weight excluding hydrogens is 310 g/mol. The molecule has 1 N–H and O–H groups in total. The van der Waals surface area contributed by atoms with E-state index >= 15 is 0 Å². The zero-order valence-corrected chi connectivity index (χ0v) is 13.1. The number of amides is 2. The summed E-state index contributed by atoms with van der Waals surface area (Å²) in [4.78, 5) is 26.1. The number of rotatable bonds is 4. The Morgan fingerprint density at radius 2 is 1.83 bits per heavy atom. The number of aromatic hydroxyl groups is 1. The lowest BCUT2D eigenvalue weighted by Crippen LogP contribution is -2.30. The average molecular weight is 325 g/mol. The van der Waals surface area contributed by atoms with Gasteiger partial charge in [0.25, 0.3) is 11.1 Å². The topological polar surface area (TPSA) is 57.6 Å². The summed E-state index contributed by atoms with van der Waals surface area (Å²) >= 11 is 0.935. The zero-order chi connectivity index (χ0) is 16.2. The van der Waals surface area contributed by atoms with Gasteiger partial charge in [-0.25, -0.2) is 0 Å². The van der Waals surface area contributed by atoms with Crippen LogP contribution < -0.4 is 0 Å². The van der Waals surface area contributed by atoms with Crippen molar-refractivity contribution in [2.24, 2.45) is 0 Å². The molecule has 2 amide bonds. The predicted octanol–water partition coefficient (Wildman–Crippen LogP) is 3.67. The molecular formula is C18H15NO3S. The first-order chi connectivity index (χ1) is 11.1. The van der Waals surface area contributed by atoms with Crippen LogP contribution in [0.1, 0.15) is 11.1 Å². The van der Waals surface area contributed by atoms with Gasteiger partial charge in [-0.05, 0) is 47.5 Å². The molecule has 0 spiro atoms. The first-order valence-corrected chi connectivity index (χ1v) is 8.03. The van der Waals surface area contributed by atoms with Gasteiger partial charge < -0.3 is 5.11 Å². The summed E-state index contributed by atoms with van der Waals surface area (Å²) in [6.07, 6.45) is 2.27. The lowest BCUT2D eigenvalue weighted by Gasteiger charge is -2.12. The van der Waals surface area contributed by atoms with Crippen LogP contribution in [-0.2, 0) is 11.2 Å². The second kappa shape index (κ2) is 6.71. The number of carbonyl (C=O) groups excluding carboxylic acids is 2. The number of imide groups is 1. The number of benzene rings is 2. The second-order valence-corrected chi connectivity index (χ2v) is 6.16. The van der Waals surface area contributed by atoms with Crippen LogP contribution in [0.5, 0.6) is 5.75 Å². The quantitative estimate of drug-likeness (QED) is 0.871. The molecule has 0 saturated carbocycles. The van der Waals surface area contributed by atoms with Crippen molar-refractivity contribution in [2.45, 2.75) is 6.42 Å². The number of carbonyl (C=O) groups is 2. The summed E-state index contributed by atoms with van der Waals surface area (Å²) in [5.41, 5.74) is 1.78. The number of nitrogens with zero attached hydrogens (tertiary/aromatic N) is 1.